The van der Waals surface area contributed by atoms with Crippen molar-refractivity contribution in [3.63, 3.8) is 0 Å². The summed E-state index contributed by atoms with van der Waals surface area (Å²) in [5, 5.41) is 0. The summed E-state index contributed by atoms with van der Waals surface area (Å²) >= 11 is 0. The Morgan fingerprint density at radius 2 is 1.75 bits per heavy atom. The fourth-order valence-corrected chi connectivity index (χ4v) is 1.13. The Balaban J connectivity index is 3.97. The van der Waals surface area contributed by atoms with Gasteiger partial charge in [0.15, 0.2) is 0 Å². The normalized spacial score (nSPS) is 23.6. The highest BCUT2D eigenvalue weighted by molar-refractivity contribution is 5.35. The highest BCUT2D eigenvalue weighted by Crippen LogP contribution is 2.27. The average Bonchev–Trinajstić information content (AvgIpc) is 2.09. The van der Waals surface area contributed by atoms with E-state index in [1.165, 1.54) is 0 Å². The van der Waals surface area contributed by atoms with Crippen molar-refractivity contribution < 1.29 is 11.0 Å². The minimum atomic E-state index is -2.65. The smallest absolute Gasteiger partial charge is 0.0843 e. The molecule has 0 fully saturated rings. The molecule has 0 spiro atoms. The first-order valence-electron chi connectivity index (χ1n) is 7.70. The molecule has 1 nitrogen and oxygen atoms in total. The van der Waals surface area contributed by atoms with E-state index in [2.05, 4.69) is 4.98 Å². The van der Waals surface area contributed by atoms with Gasteiger partial charge in [0.25, 0.3) is 0 Å². The highest BCUT2D eigenvalue weighted by Gasteiger charge is 2.18. The minimum Gasteiger partial charge on any atom is -0.264 e. The van der Waals surface area contributed by atoms with Crippen molar-refractivity contribution in [3.8, 4) is 0 Å². The molecule has 1 heteroatoms. The molecular formula is C11H17N. The zero-order valence-electron chi connectivity index (χ0n) is 15.4. The molecule has 0 atom stereocenters. The number of rotatable bonds is 0. The summed E-state index contributed by atoms with van der Waals surface area (Å²) < 4.78 is 60.6. The van der Waals surface area contributed by atoms with Crippen molar-refractivity contribution in [1.29, 1.82) is 0 Å². The van der Waals surface area contributed by atoms with Crippen LogP contribution in [0.25, 0.3) is 0 Å². The van der Waals surface area contributed by atoms with Crippen molar-refractivity contribution in [3.05, 3.63) is 29.0 Å². The van der Waals surface area contributed by atoms with E-state index < -0.39 is 31.5 Å². The number of hydrogen-bond acceptors (Lipinski definition) is 1. The first-order chi connectivity index (χ1) is 8.67. The van der Waals surface area contributed by atoms with E-state index in [1.807, 2.05) is 0 Å². The molecule has 0 unspecified atom stereocenters. The molecule has 0 saturated heterocycles. The zero-order valence-corrected chi connectivity index (χ0v) is 7.45. The zero-order chi connectivity index (χ0) is 16.1. The molecule has 0 bridgehead atoms. The standard InChI is InChI=1S/C11H17N/c1-8-6-12-7-9(2)10(8)11(3,4)5/h6-7H,1-5H3/i1D3,2D3,6D,7D. The fraction of sp³-hybridized carbons (Fsp3) is 0.545. The van der Waals surface area contributed by atoms with Gasteiger partial charge in [0.1, 0.15) is 0 Å². The Labute approximate surface area is 86.1 Å². The number of aromatic nitrogens is 1. The molecule has 1 aromatic heterocycles. The third kappa shape index (κ3) is 1.66. The maximum atomic E-state index is 7.71. The lowest BCUT2D eigenvalue weighted by Gasteiger charge is -2.23. The molecule has 1 rings (SSSR count). The second-order valence-corrected chi connectivity index (χ2v) is 3.71. The maximum absolute atomic E-state index is 7.71. The Morgan fingerprint density at radius 1 is 1.25 bits per heavy atom. The second-order valence-electron chi connectivity index (χ2n) is 3.71. The fourth-order valence-electron chi connectivity index (χ4n) is 1.13. The third-order valence-electron chi connectivity index (χ3n) is 1.59. The maximum Gasteiger partial charge on any atom is 0.0843 e. The van der Waals surface area contributed by atoms with Crippen LogP contribution in [0.4, 0.5) is 0 Å². The Morgan fingerprint density at radius 3 is 2.08 bits per heavy atom. The van der Waals surface area contributed by atoms with Crippen molar-refractivity contribution in [2.24, 2.45) is 0 Å². The summed E-state index contributed by atoms with van der Waals surface area (Å²) in [6.45, 7) is -0.329. The lowest BCUT2D eigenvalue weighted by molar-refractivity contribution is 0.580. The first-order valence-corrected chi connectivity index (χ1v) is 3.70. The molecule has 1 heterocycles. The van der Waals surface area contributed by atoms with Gasteiger partial charge in [0.05, 0.1) is 2.74 Å². The third-order valence-corrected chi connectivity index (χ3v) is 1.59. The molecule has 0 amide bonds. The average molecular weight is 171 g/mol. The van der Waals surface area contributed by atoms with Gasteiger partial charge < -0.3 is 0 Å². The van der Waals surface area contributed by atoms with Gasteiger partial charge in [-0.25, -0.2) is 0 Å². The molecule has 0 aliphatic rings. The molecule has 12 heavy (non-hydrogen) atoms. The topological polar surface area (TPSA) is 12.9 Å². The minimum absolute atomic E-state index is 0.00231. The number of hydrogen-bond donors (Lipinski definition) is 0. The number of pyridine rings is 1. The van der Waals surface area contributed by atoms with Gasteiger partial charge in [-0.05, 0) is 35.8 Å². The van der Waals surface area contributed by atoms with Crippen LogP contribution in [0.3, 0.4) is 0 Å². The molecule has 0 radical (unpaired) electrons. The van der Waals surface area contributed by atoms with Gasteiger partial charge in [-0.15, -0.1) is 0 Å². The lowest BCUT2D eigenvalue weighted by Crippen LogP contribution is -2.15. The van der Waals surface area contributed by atoms with Crippen LogP contribution in [0.15, 0.2) is 12.3 Å². The van der Waals surface area contributed by atoms with E-state index in [9.17, 15) is 0 Å². The summed E-state index contributed by atoms with van der Waals surface area (Å²) in [5.41, 5.74) is -1.59. The van der Waals surface area contributed by atoms with Gasteiger partial charge >= 0.3 is 0 Å². The van der Waals surface area contributed by atoms with E-state index in [-0.39, 0.29) is 16.7 Å². The predicted molar refractivity (Wildman–Crippen MR) is 52.4 cm³/mol. The van der Waals surface area contributed by atoms with Crippen molar-refractivity contribution in [1.82, 2.24) is 4.98 Å². The van der Waals surface area contributed by atoms with Crippen LogP contribution >= 0.6 is 0 Å². The summed E-state index contributed by atoms with van der Waals surface area (Å²) in [7, 11) is 0. The quantitative estimate of drug-likeness (QED) is 0.585. The largest absolute Gasteiger partial charge is 0.264 e. The van der Waals surface area contributed by atoms with Gasteiger partial charge in [0.2, 0.25) is 0 Å². The SMILES string of the molecule is [2H]c1nc([2H])c(C([2H])([2H])[2H])c(C(C)(C)C)c1C([2H])([2H])[2H]. The Hall–Kier alpha value is -0.850. The van der Waals surface area contributed by atoms with E-state index in [0.29, 0.717) is 0 Å². The molecule has 0 aliphatic carbocycles. The predicted octanol–water partition coefficient (Wildman–Crippen LogP) is 3.00. The van der Waals surface area contributed by atoms with Crippen LogP contribution in [-0.4, -0.2) is 4.98 Å². The van der Waals surface area contributed by atoms with E-state index >= 15 is 0 Å². The Bertz CT molecular complexity index is 483. The molecule has 66 valence electrons. The molecular weight excluding hydrogens is 146 g/mol. The second kappa shape index (κ2) is 2.89. The van der Waals surface area contributed by atoms with Crippen LogP contribution in [0.1, 0.15) is 48.4 Å². The highest BCUT2D eigenvalue weighted by atomic mass is 14.6. The monoisotopic (exact) mass is 171 g/mol. The van der Waals surface area contributed by atoms with E-state index in [1.54, 1.807) is 20.8 Å². The van der Waals surface area contributed by atoms with Crippen LogP contribution in [0.2, 0.25) is 0 Å². The molecule has 0 aliphatic heterocycles. The van der Waals surface area contributed by atoms with Crippen LogP contribution in [-0.2, 0) is 5.41 Å². The van der Waals surface area contributed by atoms with E-state index in [4.69, 9.17) is 11.0 Å². The molecule has 1 aromatic rings. The van der Waals surface area contributed by atoms with Gasteiger partial charge in [0, 0.05) is 20.6 Å². The summed E-state index contributed by atoms with van der Waals surface area (Å²) in [6.07, 6.45) is -1.12. The lowest BCUT2D eigenvalue weighted by atomic mass is 9.82. The van der Waals surface area contributed by atoms with Crippen molar-refractivity contribution in [2.45, 2.75) is 39.9 Å². The van der Waals surface area contributed by atoms with Gasteiger partial charge in [-0.1, -0.05) is 20.8 Å². The molecule has 0 N–H and O–H groups in total. The summed E-state index contributed by atoms with van der Waals surface area (Å²) in [4.78, 5) is 3.49. The van der Waals surface area contributed by atoms with Crippen molar-refractivity contribution in [2.75, 3.05) is 0 Å². The summed E-state index contributed by atoms with van der Waals surface area (Å²) in [6, 6.07) is 0. The van der Waals surface area contributed by atoms with Crippen molar-refractivity contribution >= 4 is 0 Å². The first kappa shape index (κ1) is 3.13. The van der Waals surface area contributed by atoms with Gasteiger partial charge in [-0.3, -0.25) is 4.98 Å². The number of nitrogens with zero attached hydrogens (tertiary/aromatic N) is 1. The van der Waals surface area contributed by atoms with Gasteiger partial charge in [-0.2, -0.15) is 0 Å². The molecule has 0 aromatic carbocycles. The summed E-state index contributed by atoms with van der Waals surface area (Å²) in [5.74, 6) is 0. The van der Waals surface area contributed by atoms with Crippen LogP contribution in [0, 0.1) is 13.7 Å². The van der Waals surface area contributed by atoms with Crippen LogP contribution in [0.5, 0.6) is 0 Å². The van der Waals surface area contributed by atoms with Crippen LogP contribution < -0.4 is 0 Å². The molecule has 0 saturated carbocycles. The Kier molecular flexibility index (Phi) is 0.754. The van der Waals surface area contributed by atoms with E-state index in [0.717, 1.165) is 0 Å².